The Balaban J connectivity index is 2.55. The number of benzene rings is 1. The highest BCUT2D eigenvalue weighted by Gasteiger charge is 2.19. The molecule has 0 aliphatic heterocycles. The van der Waals surface area contributed by atoms with Crippen LogP contribution in [0, 0.1) is 22.7 Å². The molecule has 0 saturated heterocycles. The zero-order valence-corrected chi connectivity index (χ0v) is 12.0. The van der Waals surface area contributed by atoms with E-state index in [2.05, 4.69) is 17.2 Å². The number of aromatic nitrogens is 2. The van der Waals surface area contributed by atoms with Crippen molar-refractivity contribution in [2.45, 2.75) is 13.8 Å². The summed E-state index contributed by atoms with van der Waals surface area (Å²) < 4.78 is 1.54. The summed E-state index contributed by atoms with van der Waals surface area (Å²) in [4.78, 5) is 1.98. The summed E-state index contributed by atoms with van der Waals surface area (Å²) in [6, 6.07) is 11.1. The molecule has 0 spiro atoms. The maximum atomic E-state index is 9.33. The fourth-order valence-corrected chi connectivity index (χ4v) is 2.14. The highest BCUT2D eigenvalue weighted by Crippen LogP contribution is 2.27. The van der Waals surface area contributed by atoms with Crippen molar-refractivity contribution in [2.75, 3.05) is 23.7 Å². The SMILES string of the molecule is CCN(CC)c1nn(-c2ccc(C#N)cc2)c(N)c1C#N. The van der Waals surface area contributed by atoms with E-state index in [9.17, 15) is 5.26 Å². The molecule has 0 fully saturated rings. The lowest BCUT2D eigenvalue weighted by molar-refractivity contribution is 0.808. The molecule has 0 saturated carbocycles. The van der Waals surface area contributed by atoms with Crippen LogP contribution < -0.4 is 10.6 Å². The molecule has 6 heteroatoms. The monoisotopic (exact) mass is 280 g/mol. The molecule has 0 amide bonds. The summed E-state index contributed by atoms with van der Waals surface area (Å²) in [6.45, 7) is 5.49. The highest BCUT2D eigenvalue weighted by atomic mass is 15.4. The maximum absolute atomic E-state index is 9.33. The van der Waals surface area contributed by atoms with E-state index in [1.54, 1.807) is 24.3 Å². The van der Waals surface area contributed by atoms with Crippen LogP contribution in [-0.2, 0) is 0 Å². The van der Waals surface area contributed by atoms with Crippen molar-refractivity contribution in [1.29, 1.82) is 10.5 Å². The van der Waals surface area contributed by atoms with Gasteiger partial charge in [0.1, 0.15) is 17.5 Å². The molecule has 1 aromatic heterocycles. The van der Waals surface area contributed by atoms with Gasteiger partial charge in [-0.2, -0.15) is 10.5 Å². The minimum Gasteiger partial charge on any atom is -0.382 e. The molecule has 0 radical (unpaired) electrons. The molecule has 6 nitrogen and oxygen atoms in total. The number of rotatable bonds is 4. The van der Waals surface area contributed by atoms with E-state index in [0.717, 1.165) is 18.8 Å². The van der Waals surface area contributed by atoms with Gasteiger partial charge in [-0.25, -0.2) is 4.68 Å². The second-order valence-corrected chi connectivity index (χ2v) is 4.44. The maximum Gasteiger partial charge on any atom is 0.171 e. The Bertz CT molecular complexity index is 710. The van der Waals surface area contributed by atoms with Gasteiger partial charge in [-0.1, -0.05) is 0 Å². The summed E-state index contributed by atoms with van der Waals surface area (Å²) in [7, 11) is 0. The second kappa shape index (κ2) is 5.98. The van der Waals surface area contributed by atoms with E-state index in [4.69, 9.17) is 11.0 Å². The molecular formula is C15H16N6. The van der Waals surface area contributed by atoms with E-state index in [0.29, 0.717) is 22.8 Å². The van der Waals surface area contributed by atoms with Gasteiger partial charge in [0.05, 0.1) is 17.3 Å². The zero-order valence-electron chi connectivity index (χ0n) is 12.0. The van der Waals surface area contributed by atoms with Crippen molar-refractivity contribution in [3.8, 4) is 17.8 Å². The lowest BCUT2D eigenvalue weighted by Crippen LogP contribution is -2.23. The Hall–Kier alpha value is -2.99. The average molecular weight is 280 g/mol. The third kappa shape index (κ3) is 2.52. The molecule has 0 atom stereocenters. The largest absolute Gasteiger partial charge is 0.382 e. The van der Waals surface area contributed by atoms with Gasteiger partial charge in [0.2, 0.25) is 0 Å². The second-order valence-electron chi connectivity index (χ2n) is 4.44. The van der Waals surface area contributed by atoms with Gasteiger partial charge in [0.25, 0.3) is 0 Å². The molecule has 0 aliphatic rings. The third-order valence-corrected chi connectivity index (χ3v) is 3.32. The summed E-state index contributed by atoms with van der Waals surface area (Å²) in [5.74, 6) is 0.897. The molecule has 0 aliphatic carbocycles. The Morgan fingerprint density at radius 1 is 1.14 bits per heavy atom. The summed E-state index contributed by atoms with van der Waals surface area (Å²) in [6.07, 6.45) is 0. The first kappa shape index (κ1) is 14.4. The number of anilines is 2. The standard InChI is InChI=1S/C15H16N6/c1-3-20(4-2)15-13(10-17)14(18)21(19-15)12-7-5-11(9-16)6-8-12/h5-8H,3-4,18H2,1-2H3. The van der Waals surface area contributed by atoms with Crippen LogP contribution in [0.3, 0.4) is 0 Å². The highest BCUT2D eigenvalue weighted by molar-refractivity contribution is 5.67. The van der Waals surface area contributed by atoms with Crippen LogP contribution in [-0.4, -0.2) is 22.9 Å². The molecule has 2 aromatic rings. The number of nitrogens with zero attached hydrogens (tertiary/aromatic N) is 5. The average Bonchev–Trinajstić information content (AvgIpc) is 2.85. The van der Waals surface area contributed by atoms with Crippen molar-refractivity contribution >= 4 is 11.6 Å². The van der Waals surface area contributed by atoms with Crippen molar-refractivity contribution in [1.82, 2.24) is 9.78 Å². The van der Waals surface area contributed by atoms with Crippen molar-refractivity contribution in [3.05, 3.63) is 35.4 Å². The Labute approximate surface area is 123 Å². The number of nitriles is 2. The molecule has 1 heterocycles. The predicted molar refractivity (Wildman–Crippen MR) is 81.0 cm³/mol. The summed E-state index contributed by atoms with van der Waals surface area (Å²) in [5.41, 5.74) is 7.72. The van der Waals surface area contributed by atoms with E-state index in [-0.39, 0.29) is 0 Å². The molecule has 0 bridgehead atoms. The fourth-order valence-electron chi connectivity index (χ4n) is 2.14. The van der Waals surface area contributed by atoms with Gasteiger partial charge in [-0.3, -0.25) is 0 Å². The first-order valence-corrected chi connectivity index (χ1v) is 6.70. The Morgan fingerprint density at radius 3 is 2.24 bits per heavy atom. The molecule has 0 unspecified atom stereocenters. The normalized spacial score (nSPS) is 9.90. The number of hydrogen-bond donors (Lipinski definition) is 1. The lowest BCUT2D eigenvalue weighted by Gasteiger charge is -2.17. The molecular weight excluding hydrogens is 264 g/mol. The molecule has 1 aromatic carbocycles. The van der Waals surface area contributed by atoms with Gasteiger partial charge in [0.15, 0.2) is 5.82 Å². The van der Waals surface area contributed by atoms with Crippen LogP contribution in [0.2, 0.25) is 0 Å². The van der Waals surface area contributed by atoms with Gasteiger partial charge >= 0.3 is 0 Å². The van der Waals surface area contributed by atoms with Gasteiger partial charge in [-0.05, 0) is 38.1 Å². The predicted octanol–water partition coefficient (Wildman–Crippen LogP) is 2.04. The number of nitrogens with two attached hydrogens (primary N) is 1. The van der Waals surface area contributed by atoms with E-state index < -0.39 is 0 Å². The van der Waals surface area contributed by atoms with Crippen molar-refractivity contribution in [3.63, 3.8) is 0 Å². The summed E-state index contributed by atoms with van der Waals surface area (Å²) in [5, 5.41) is 22.6. The van der Waals surface area contributed by atoms with Crippen LogP contribution >= 0.6 is 0 Å². The smallest absolute Gasteiger partial charge is 0.171 e. The topological polar surface area (TPSA) is 94.7 Å². The molecule has 2 N–H and O–H groups in total. The first-order valence-electron chi connectivity index (χ1n) is 6.70. The van der Waals surface area contributed by atoms with Crippen LogP contribution in [0.25, 0.3) is 5.69 Å². The van der Waals surface area contributed by atoms with Crippen molar-refractivity contribution < 1.29 is 0 Å². The molecule has 21 heavy (non-hydrogen) atoms. The van der Waals surface area contributed by atoms with Crippen molar-refractivity contribution in [2.24, 2.45) is 0 Å². The summed E-state index contributed by atoms with van der Waals surface area (Å²) >= 11 is 0. The third-order valence-electron chi connectivity index (χ3n) is 3.32. The minimum atomic E-state index is 0.309. The quantitative estimate of drug-likeness (QED) is 0.924. The van der Waals surface area contributed by atoms with E-state index >= 15 is 0 Å². The van der Waals surface area contributed by atoms with Crippen LogP contribution in [0.1, 0.15) is 25.0 Å². The van der Waals surface area contributed by atoms with Gasteiger partial charge < -0.3 is 10.6 Å². The fraction of sp³-hybridized carbons (Fsp3) is 0.267. The van der Waals surface area contributed by atoms with Gasteiger partial charge in [0, 0.05) is 13.1 Å². The van der Waals surface area contributed by atoms with E-state index in [1.165, 1.54) is 4.68 Å². The number of nitrogen functional groups attached to an aromatic ring is 1. The lowest BCUT2D eigenvalue weighted by atomic mass is 10.2. The number of hydrogen-bond acceptors (Lipinski definition) is 5. The van der Waals surface area contributed by atoms with Crippen LogP contribution in [0.5, 0.6) is 0 Å². The zero-order chi connectivity index (χ0) is 15.4. The molecule has 2 rings (SSSR count). The van der Waals surface area contributed by atoms with Crippen LogP contribution in [0.4, 0.5) is 11.6 Å². The van der Waals surface area contributed by atoms with Crippen LogP contribution in [0.15, 0.2) is 24.3 Å². The molecule has 106 valence electrons. The Kier molecular flexibility index (Phi) is 4.10. The van der Waals surface area contributed by atoms with E-state index in [1.807, 2.05) is 18.7 Å². The Morgan fingerprint density at radius 2 is 1.76 bits per heavy atom. The minimum absolute atomic E-state index is 0.309. The van der Waals surface area contributed by atoms with Gasteiger partial charge in [-0.15, -0.1) is 5.10 Å². The first-order chi connectivity index (χ1) is 10.2.